The lowest BCUT2D eigenvalue weighted by Crippen LogP contribution is -2.19. The van der Waals surface area contributed by atoms with E-state index in [-0.39, 0.29) is 17.7 Å². The number of carbonyl (C=O) groups excluding carboxylic acids is 2. The first-order valence-electron chi connectivity index (χ1n) is 8.33. The quantitative estimate of drug-likeness (QED) is 0.598. The Hall–Kier alpha value is -2.95. The lowest BCUT2D eigenvalue weighted by Gasteiger charge is -2.08. The Morgan fingerprint density at radius 1 is 1.04 bits per heavy atom. The van der Waals surface area contributed by atoms with E-state index in [1.807, 2.05) is 32.0 Å². The van der Waals surface area contributed by atoms with E-state index in [1.165, 1.54) is 5.56 Å². The van der Waals surface area contributed by atoms with Crippen LogP contribution in [-0.2, 0) is 11.2 Å². The van der Waals surface area contributed by atoms with Gasteiger partial charge in [-0.15, -0.1) is 0 Å². The Bertz CT molecular complexity index is 722. The molecule has 0 aliphatic carbocycles. The van der Waals surface area contributed by atoms with Gasteiger partial charge in [0, 0.05) is 23.4 Å². The molecule has 0 aliphatic rings. The maximum absolute atomic E-state index is 12.0. The number of aryl methyl sites for hydroxylation is 1. The number of nitrogens with zero attached hydrogens (tertiary/aromatic N) is 1. The molecule has 0 saturated heterocycles. The molecule has 2 aromatic rings. The third-order valence-corrected chi connectivity index (χ3v) is 3.60. The summed E-state index contributed by atoms with van der Waals surface area (Å²) in [6.45, 7) is 3.65. The largest absolute Gasteiger partial charge is 0.326 e. The topological polar surface area (TPSA) is 70.6 Å². The van der Waals surface area contributed by atoms with Gasteiger partial charge >= 0.3 is 0 Å². The van der Waals surface area contributed by atoms with E-state index in [4.69, 9.17) is 0 Å². The third-order valence-electron chi connectivity index (χ3n) is 3.60. The number of rotatable bonds is 7. The molecule has 2 rings (SSSR count). The Kier molecular flexibility index (Phi) is 6.89. The van der Waals surface area contributed by atoms with Gasteiger partial charge in [0.15, 0.2) is 0 Å². The number of benzene rings is 2. The van der Waals surface area contributed by atoms with Gasteiger partial charge in [-0.2, -0.15) is 5.10 Å². The van der Waals surface area contributed by atoms with Crippen molar-refractivity contribution < 1.29 is 9.59 Å². The minimum atomic E-state index is -0.280. The number of amides is 2. The van der Waals surface area contributed by atoms with Gasteiger partial charge < -0.3 is 5.32 Å². The van der Waals surface area contributed by atoms with Crippen molar-refractivity contribution in [3.63, 3.8) is 0 Å². The predicted octanol–water partition coefficient (Wildman–Crippen LogP) is 3.63. The van der Waals surface area contributed by atoms with Gasteiger partial charge in [-0.3, -0.25) is 9.59 Å². The van der Waals surface area contributed by atoms with Gasteiger partial charge in [-0.05, 0) is 42.7 Å². The van der Waals surface area contributed by atoms with Crippen LogP contribution in [-0.4, -0.2) is 18.0 Å². The fraction of sp³-hybridized carbons (Fsp3) is 0.250. The van der Waals surface area contributed by atoms with Crippen molar-refractivity contribution in [3.05, 3.63) is 65.7 Å². The van der Waals surface area contributed by atoms with Crippen LogP contribution in [0.25, 0.3) is 0 Å². The third kappa shape index (κ3) is 6.22. The van der Waals surface area contributed by atoms with Crippen molar-refractivity contribution in [2.45, 2.75) is 26.7 Å². The summed E-state index contributed by atoms with van der Waals surface area (Å²) in [5, 5.41) is 6.75. The molecular weight excluding hydrogens is 314 g/mol. The van der Waals surface area contributed by atoms with E-state index >= 15 is 0 Å². The van der Waals surface area contributed by atoms with Gasteiger partial charge in [-0.25, -0.2) is 5.43 Å². The van der Waals surface area contributed by atoms with Gasteiger partial charge in [0.25, 0.3) is 5.91 Å². The Labute approximate surface area is 148 Å². The molecule has 2 amide bonds. The maximum atomic E-state index is 12.0. The minimum Gasteiger partial charge on any atom is -0.326 e. The minimum absolute atomic E-state index is 0.0554. The standard InChI is InChI=1S/C20H23N3O2/c1-15(2)19(24)22-18-12-10-17(11-13-18)20(25)23-21-14-6-9-16-7-4-3-5-8-16/h3-5,7-8,10-15H,6,9H2,1-2H3,(H,22,24)(H,23,25)/b21-14+. The molecule has 0 radical (unpaired) electrons. The zero-order valence-electron chi connectivity index (χ0n) is 14.5. The molecule has 0 atom stereocenters. The SMILES string of the molecule is CC(C)C(=O)Nc1ccc(C(=O)N/N=C/CCc2ccccc2)cc1. The summed E-state index contributed by atoms with van der Waals surface area (Å²) in [5.41, 5.74) is 4.90. The van der Waals surface area contributed by atoms with Gasteiger partial charge in [0.05, 0.1) is 0 Å². The highest BCUT2D eigenvalue weighted by molar-refractivity contribution is 5.96. The van der Waals surface area contributed by atoms with Crippen LogP contribution >= 0.6 is 0 Å². The second kappa shape index (κ2) is 9.37. The van der Waals surface area contributed by atoms with Crippen molar-refractivity contribution in [2.24, 2.45) is 11.0 Å². The zero-order valence-corrected chi connectivity index (χ0v) is 14.5. The van der Waals surface area contributed by atoms with E-state index in [2.05, 4.69) is 28.0 Å². The summed E-state index contributed by atoms with van der Waals surface area (Å²) < 4.78 is 0. The molecule has 2 aromatic carbocycles. The Balaban J connectivity index is 1.78. The number of anilines is 1. The van der Waals surface area contributed by atoms with Crippen LogP contribution in [0.4, 0.5) is 5.69 Å². The van der Waals surface area contributed by atoms with Crippen LogP contribution in [0.5, 0.6) is 0 Å². The molecule has 0 bridgehead atoms. The molecule has 130 valence electrons. The summed E-state index contributed by atoms with van der Waals surface area (Å²) in [4.78, 5) is 23.6. The van der Waals surface area contributed by atoms with Crippen LogP contribution in [0.1, 0.15) is 36.2 Å². The molecule has 5 nitrogen and oxygen atoms in total. The van der Waals surface area contributed by atoms with Crippen molar-refractivity contribution in [2.75, 3.05) is 5.32 Å². The molecule has 0 heterocycles. The molecule has 0 saturated carbocycles. The molecule has 0 aliphatic heterocycles. The molecule has 0 spiro atoms. The first-order chi connectivity index (χ1) is 12.1. The van der Waals surface area contributed by atoms with Crippen molar-refractivity contribution in [1.82, 2.24) is 5.43 Å². The van der Waals surface area contributed by atoms with Crippen LogP contribution in [0.15, 0.2) is 59.7 Å². The fourth-order valence-electron chi connectivity index (χ4n) is 2.10. The number of nitrogens with one attached hydrogen (secondary N) is 2. The van der Waals surface area contributed by atoms with Crippen LogP contribution in [0, 0.1) is 5.92 Å². The first-order valence-corrected chi connectivity index (χ1v) is 8.33. The van der Waals surface area contributed by atoms with Crippen LogP contribution in [0.3, 0.4) is 0 Å². The average Bonchev–Trinajstić information content (AvgIpc) is 2.62. The van der Waals surface area contributed by atoms with E-state index in [0.29, 0.717) is 11.3 Å². The summed E-state index contributed by atoms with van der Waals surface area (Å²) in [7, 11) is 0. The molecule has 0 aromatic heterocycles. The Morgan fingerprint density at radius 2 is 1.72 bits per heavy atom. The summed E-state index contributed by atoms with van der Waals surface area (Å²) >= 11 is 0. The molecule has 5 heteroatoms. The molecular formula is C20H23N3O2. The summed E-state index contributed by atoms with van der Waals surface area (Å²) in [5.74, 6) is -0.425. The molecule has 0 fully saturated rings. The van der Waals surface area contributed by atoms with Crippen LogP contribution < -0.4 is 10.7 Å². The number of hydrogen-bond donors (Lipinski definition) is 2. The van der Waals surface area contributed by atoms with E-state index in [0.717, 1.165) is 12.8 Å². The second-order valence-corrected chi connectivity index (χ2v) is 6.00. The fourth-order valence-corrected chi connectivity index (χ4v) is 2.10. The van der Waals surface area contributed by atoms with Crippen molar-refractivity contribution in [1.29, 1.82) is 0 Å². The van der Waals surface area contributed by atoms with E-state index < -0.39 is 0 Å². The Morgan fingerprint density at radius 3 is 2.36 bits per heavy atom. The van der Waals surface area contributed by atoms with E-state index in [1.54, 1.807) is 30.5 Å². The molecule has 2 N–H and O–H groups in total. The van der Waals surface area contributed by atoms with Crippen LogP contribution in [0.2, 0.25) is 0 Å². The van der Waals surface area contributed by atoms with Crippen molar-refractivity contribution >= 4 is 23.7 Å². The lowest BCUT2D eigenvalue weighted by atomic mass is 10.1. The average molecular weight is 337 g/mol. The summed E-state index contributed by atoms with van der Waals surface area (Å²) in [6.07, 6.45) is 3.33. The number of hydrogen-bond acceptors (Lipinski definition) is 3. The van der Waals surface area contributed by atoms with Gasteiger partial charge in [0.1, 0.15) is 0 Å². The van der Waals surface area contributed by atoms with Gasteiger partial charge in [0.2, 0.25) is 5.91 Å². The highest BCUT2D eigenvalue weighted by Crippen LogP contribution is 2.11. The molecule has 25 heavy (non-hydrogen) atoms. The molecule has 0 unspecified atom stereocenters. The monoisotopic (exact) mass is 337 g/mol. The van der Waals surface area contributed by atoms with Gasteiger partial charge in [-0.1, -0.05) is 44.2 Å². The number of carbonyl (C=O) groups is 2. The normalized spacial score (nSPS) is 10.8. The second-order valence-electron chi connectivity index (χ2n) is 6.00. The smallest absolute Gasteiger partial charge is 0.271 e. The highest BCUT2D eigenvalue weighted by atomic mass is 16.2. The number of hydrazone groups is 1. The maximum Gasteiger partial charge on any atom is 0.271 e. The highest BCUT2D eigenvalue weighted by Gasteiger charge is 2.08. The lowest BCUT2D eigenvalue weighted by molar-refractivity contribution is -0.118. The van der Waals surface area contributed by atoms with E-state index in [9.17, 15) is 9.59 Å². The zero-order chi connectivity index (χ0) is 18.1. The first kappa shape index (κ1) is 18.4. The van der Waals surface area contributed by atoms with Crippen molar-refractivity contribution in [3.8, 4) is 0 Å². The summed E-state index contributed by atoms with van der Waals surface area (Å²) in [6, 6.07) is 16.8. The predicted molar refractivity (Wildman–Crippen MR) is 101 cm³/mol.